The van der Waals surface area contributed by atoms with Crippen LogP contribution >= 0.6 is 12.6 Å². The lowest BCUT2D eigenvalue weighted by molar-refractivity contribution is 0.283. The summed E-state index contributed by atoms with van der Waals surface area (Å²) in [6, 6.07) is 16.7. The van der Waals surface area contributed by atoms with E-state index < -0.39 is 0 Å². The van der Waals surface area contributed by atoms with Gasteiger partial charge in [-0.25, -0.2) is 0 Å². The minimum atomic E-state index is 0.349. The third kappa shape index (κ3) is 4.17. The summed E-state index contributed by atoms with van der Waals surface area (Å²) in [7, 11) is 0. The Bertz CT molecular complexity index is 686. The average Bonchev–Trinajstić information content (AvgIpc) is 3.16. The van der Waals surface area contributed by atoms with Crippen molar-refractivity contribution in [3.8, 4) is 5.75 Å². The van der Waals surface area contributed by atoms with Crippen LogP contribution in [-0.2, 0) is 6.42 Å². The van der Waals surface area contributed by atoms with Gasteiger partial charge in [-0.1, -0.05) is 42.0 Å². The fourth-order valence-electron chi connectivity index (χ4n) is 2.76. The van der Waals surface area contributed by atoms with Gasteiger partial charge in [0.1, 0.15) is 11.9 Å². The molecule has 0 heterocycles. The Labute approximate surface area is 138 Å². The number of hydrogen-bond donors (Lipinski definition) is 1. The fourth-order valence-corrected chi connectivity index (χ4v) is 2.97. The lowest BCUT2D eigenvalue weighted by Crippen LogP contribution is -2.02. The van der Waals surface area contributed by atoms with Crippen molar-refractivity contribution in [3.05, 3.63) is 65.2 Å². The largest absolute Gasteiger partial charge is 0.490 e. The number of rotatable bonds is 5. The Balaban J connectivity index is 1.58. The summed E-state index contributed by atoms with van der Waals surface area (Å²) in [5.41, 5.74) is 4.02. The molecule has 2 aromatic carbocycles. The second kappa shape index (κ2) is 6.62. The molecule has 2 atom stereocenters. The highest BCUT2D eigenvalue weighted by atomic mass is 32.1. The first-order chi connectivity index (χ1) is 10.6. The third-order valence-electron chi connectivity index (χ3n) is 3.87. The molecule has 1 aliphatic carbocycles. The van der Waals surface area contributed by atoms with Gasteiger partial charge < -0.3 is 4.74 Å². The maximum atomic E-state index is 6.02. The number of ether oxygens (including phenoxy) is 1. The Kier molecular flexibility index (Phi) is 4.58. The molecule has 0 saturated heterocycles. The Morgan fingerprint density at radius 3 is 2.77 bits per heavy atom. The molecule has 0 bridgehead atoms. The van der Waals surface area contributed by atoms with Crippen molar-refractivity contribution in [2.24, 2.45) is 5.92 Å². The fraction of sp³-hybridized carbons (Fsp3) is 0.300. The highest BCUT2D eigenvalue weighted by Crippen LogP contribution is 2.38. The highest BCUT2D eigenvalue weighted by molar-refractivity contribution is 7.80. The minimum Gasteiger partial charge on any atom is -0.490 e. The summed E-state index contributed by atoms with van der Waals surface area (Å²) >= 11 is 4.35. The summed E-state index contributed by atoms with van der Waals surface area (Å²) < 4.78 is 6.02. The molecule has 2 unspecified atom stereocenters. The van der Waals surface area contributed by atoms with Crippen molar-refractivity contribution in [1.82, 2.24) is 0 Å². The van der Waals surface area contributed by atoms with Gasteiger partial charge in [-0.15, -0.1) is 12.6 Å². The minimum absolute atomic E-state index is 0.349. The summed E-state index contributed by atoms with van der Waals surface area (Å²) in [5, 5.41) is 0. The van der Waals surface area contributed by atoms with Gasteiger partial charge in [0.15, 0.2) is 0 Å². The molecule has 1 nitrogen and oxygen atoms in total. The smallest absolute Gasteiger partial charge is 0.120 e. The first-order valence-corrected chi connectivity index (χ1v) is 8.24. The molecule has 0 N–H and O–H groups in total. The molecule has 2 heteroatoms. The molecule has 3 rings (SSSR count). The first kappa shape index (κ1) is 15.2. The Hall–Kier alpha value is -1.67. The van der Waals surface area contributed by atoms with Crippen LogP contribution in [0.1, 0.15) is 31.4 Å². The molecule has 0 amide bonds. The molecule has 22 heavy (non-hydrogen) atoms. The van der Waals surface area contributed by atoms with Gasteiger partial charge in [-0.3, -0.25) is 0 Å². The van der Waals surface area contributed by atoms with Crippen LogP contribution < -0.4 is 4.74 Å². The van der Waals surface area contributed by atoms with Gasteiger partial charge in [0.2, 0.25) is 0 Å². The Morgan fingerprint density at radius 1 is 1.18 bits per heavy atom. The Morgan fingerprint density at radius 2 is 2.00 bits per heavy atom. The van der Waals surface area contributed by atoms with Gasteiger partial charge in [0.25, 0.3) is 0 Å². The number of hydrogen-bond acceptors (Lipinski definition) is 2. The molecular formula is C20H22OS. The van der Waals surface area contributed by atoms with Crippen molar-refractivity contribution >= 4 is 18.7 Å². The summed E-state index contributed by atoms with van der Waals surface area (Å²) in [6.45, 7) is 4.26. The van der Waals surface area contributed by atoms with E-state index in [4.69, 9.17) is 4.74 Å². The molecule has 0 aliphatic heterocycles. The zero-order valence-corrected chi connectivity index (χ0v) is 14.0. The van der Waals surface area contributed by atoms with E-state index in [1.54, 1.807) is 0 Å². The topological polar surface area (TPSA) is 9.23 Å². The second-order valence-corrected chi connectivity index (χ2v) is 6.84. The molecule has 1 fully saturated rings. The highest BCUT2D eigenvalue weighted by Gasteiger charge is 2.39. The molecule has 1 saturated carbocycles. The van der Waals surface area contributed by atoms with Crippen LogP contribution in [0.2, 0.25) is 0 Å². The summed E-state index contributed by atoms with van der Waals surface area (Å²) in [4.78, 5) is 0.948. The molecule has 0 aromatic heterocycles. The number of benzene rings is 2. The predicted octanol–water partition coefficient (Wildman–Crippen LogP) is 5.41. The van der Waals surface area contributed by atoms with Crippen LogP contribution in [0.3, 0.4) is 0 Å². The second-order valence-electron chi connectivity index (χ2n) is 6.32. The zero-order valence-electron chi connectivity index (χ0n) is 13.1. The van der Waals surface area contributed by atoms with Crippen LogP contribution in [0.4, 0.5) is 0 Å². The first-order valence-electron chi connectivity index (χ1n) is 7.80. The van der Waals surface area contributed by atoms with E-state index in [0.717, 1.165) is 23.5 Å². The molecule has 0 spiro atoms. The van der Waals surface area contributed by atoms with E-state index >= 15 is 0 Å². The maximum absolute atomic E-state index is 6.02. The van der Waals surface area contributed by atoms with E-state index in [1.165, 1.54) is 16.7 Å². The van der Waals surface area contributed by atoms with Crippen molar-refractivity contribution in [1.29, 1.82) is 0 Å². The van der Waals surface area contributed by atoms with Gasteiger partial charge in [-0.2, -0.15) is 0 Å². The molecule has 0 radical (unpaired) electrons. The van der Waals surface area contributed by atoms with Crippen LogP contribution in [0.15, 0.2) is 59.0 Å². The van der Waals surface area contributed by atoms with Crippen LogP contribution in [-0.4, -0.2) is 6.10 Å². The van der Waals surface area contributed by atoms with E-state index in [2.05, 4.69) is 56.8 Å². The van der Waals surface area contributed by atoms with Crippen LogP contribution in [0, 0.1) is 5.92 Å². The predicted molar refractivity (Wildman–Crippen MR) is 95.7 cm³/mol. The maximum Gasteiger partial charge on any atom is 0.120 e. The molecular weight excluding hydrogens is 288 g/mol. The van der Waals surface area contributed by atoms with Gasteiger partial charge in [0, 0.05) is 10.8 Å². The summed E-state index contributed by atoms with van der Waals surface area (Å²) in [6.07, 6.45) is 4.81. The van der Waals surface area contributed by atoms with E-state index in [1.807, 2.05) is 24.3 Å². The van der Waals surface area contributed by atoms with Crippen molar-refractivity contribution in [2.45, 2.75) is 37.7 Å². The van der Waals surface area contributed by atoms with Gasteiger partial charge in [0.05, 0.1) is 0 Å². The molecule has 114 valence electrons. The monoisotopic (exact) mass is 310 g/mol. The van der Waals surface area contributed by atoms with Crippen LogP contribution in [0.25, 0.3) is 6.08 Å². The lowest BCUT2D eigenvalue weighted by atomic mass is 10.0. The SMILES string of the molecule is CC(C)=Cc1cccc(CC2CC2Oc2cccc(S)c2)c1. The van der Waals surface area contributed by atoms with Gasteiger partial charge >= 0.3 is 0 Å². The normalized spacial score (nSPS) is 19.6. The van der Waals surface area contributed by atoms with Crippen molar-refractivity contribution in [3.63, 3.8) is 0 Å². The summed E-state index contributed by atoms with van der Waals surface area (Å²) in [5.74, 6) is 1.56. The van der Waals surface area contributed by atoms with Crippen molar-refractivity contribution in [2.75, 3.05) is 0 Å². The van der Waals surface area contributed by atoms with E-state index in [9.17, 15) is 0 Å². The molecule has 1 aliphatic rings. The van der Waals surface area contributed by atoms with Crippen LogP contribution in [0.5, 0.6) is 5.75 Å². The zero-order chi connectivity index (χ0) is 15.5. The third-order valence-corrected chi connectivity index (χ3v) is 4.15. The quantitative estimate of drug-likeness (QED) is 0.727. The van der Waals surface area contributed by atoms with Crippen molar-refractivity contribution < 1.29 is 4.74 Å². The van der Waals surface area contributed by atoms with E-state index in [0.29, 0.717) is 12.0 Å². The lowest BCUT2D eigenvalue weighted by Gasteiger charge is -2.07. The standard InChI is InChI=1S/C20H22OS/c1-14(2)9-15-5-3-6-16(10-15)11-17-12-20(17)21-18-7-4-8-19(22)13-18/h3-10,13,17,20,22H,11-12H2,1-2H3. The number of thiol groups is 1. The number of allylic oxidation sites excluding steroid dienone is 1. The molecule has 2 aromatic rings. The van der Waals surface area contributed by atoms with E-state index in [-0.39, 0.29) is 0 Å². The van der Waals surface area contributed by atoms with Gasteiger partial charge in [-0.05, 0) is 56.0 Å². The average molecular weight is 310 g/mol.